The molecule has 29 heavy (non-hydrogen) atoms. The number of aromatic nitrogens is 2. The van der Waals surface area contributed by atoms with Gasteiger partial charge in [-0.15, -0.1) is 0 Å². The molecular formula is C20H19F3N4O2. The van der Waals surface area contributed by atoms with Crippen molar-refractivity contribution < 1.29 is 22.7 Å². The molecule has 4 rings (SSSR count). The fraction of sp³-hybridized carbons (Fsp3) is 0.300. The number of hydrogen-bond acceptors (Lipinski definition) is 4. The number of rotatable bonds is 4. The first-order chi connectivity index (χ1) is 13.8. The molecule has 6 nitrogen and oxygen atoms in total. The molecule has 1 saturated heterocycles. The molecule has 9 heteroatoms. The fourth-order valence-corrected chi connectivity index (χ4v) is 3.56. The number of halogens is 3. The zero-order valence-corrected chi connectivity index (χ0v) is 15.4. The van der Waals surface area contributed by atoms with Crippen LogP contribution < -0.4 is 10.6 Å². The Hall–Kier alpha value is -3.07. The van der Waals surface area contributed by atoms with Crippen molar-refractivity contribution in [1.29, 1.82) is 0 Å². The van der Waals surface area contributed by atoms with Gasteiger partial charge in [-0.05, 0) is 29.8 Å². The third-order valence-corrected chi connectivity index (χ3v) is 4.95. The normalized spacial score (nSPS) is 15.1. The molecule has 0 atom stereocenters. The Bertz CT molecular complexity index is 1040. The Morgan fingerprint density at radius 3 is 2.45 bits per heavy atom. The molecule has 0 radical (unpaired) electrons. The zero-order valence-electron chi connectivity index (χ0n) is 15.4. The highest BCUT2D eigenvalue weighted by atomic mass is 19.4. The van der Waals surface area contributed by atoms with Crippen LogP contribution in [0.1, 0.15) is 27.3 Å². The number of nitrogens with two attached hydrogens (primary N) is 1. The number of carbonyl (C=O) groups excluding carboxylic acids is 1. The number of fused-ring (bicyclic) bond motifs is 1. The number of carbonyl (C=O) groups is 1. The van der Waals surface area contributed by atoms with Crippen LogP contribution in [0.4, 0.5) is 18.9 Å². The van der Waals surface area contributed by atoms with E-state index >= 15 is 0 Å². The summed E-state index contributed by atoms with van der Waals surface area (Å²) in [7, 11) is 0. The fourth-order valence-electron chi connectivity index (χ4n) is 3.56. The molecule has 1 aliphatic heterocycles. The van der Waals surface area contributed by atoms with Crippen LogP contribution >= 0.6 is 0 Å². The molecule has 1 amide bonds. The average Bonchev–Trinajstić information content (AvgIpc) is 3.06. The van der Waals surface area contributed by atoms with E-state index in [-0.39, 0.29) is 23.5 Å². The summed E-state index contributed by atoms with van der Waals surface area (Å²) >= 11 is 0. The number of nitrogens with zero attached hydrogens (tertiary/aromatic N) is 3. The minimum Gasteiger partial charge on any atom is -0.378 e. The van der Waals surface area contributed by atoms with Crippen molar-refractivity contribution in [3.8, 4) is 0 Å². The van der Waals surface area contributed by atoms with E-state index in [4.69, 9.17) is 10.5 Å². The van der Waals surface area contributed by atoms with Crippen molar-refractivity contribution in [1.82, 2.24) is 9.38 Å². The van der Waals surface area contributed by atoms with Crippen LogP contribution in [0.3, 0.4) is 0 Å². The number of morpholine rings is 1. The van der Waals surface area contributed by atoms with Crippen LogP contribution in [0, 0.1) is 0 Å². The predicted molar refractivity (Wildman–Crippen MR) is 101 cm³/mol. The predicted octanol–water partition coefficient (Wildman–Crippen LogP) is 2.88. The van der Waals surface area contributed by atoms with E-state index in [1.165, 1.54) is 12.3 Å². The monoisotopic (exact) mass is 404 g/mol. The quantitative estimate of drug-likeness (QED) is 0.726. The van der Waals surface area contributed by atoms with Crippen molar-refractivity contribution in [2.75, 3.05) is 31.2 Å². The van der Waals surface area contributed by atoms with Gasteiger partial charge < -0.3 is 15.4 Å². The average molecular weight is 404 g/mol. The van der Waals surface area contributed by atoms with Gasteiger partial charge in [-0.2, -0.15) is 13.2 Å². The number of amides is 1. The highest BCUT2D eigenvalue weighted by Crippen LogP contribution is 2.33. The lowest BCUT2D eigenvalue weighted by Gasteiger charge is -2.28. The van der Waals surface area contributed by atoms with Crippen LogP contribution in [0.15, 0.2) is 42.6 Å². The van der Waals surface area contributed by atoms with Gasteiger partial charge in [0.1, 0.15) is 11.3 Å². The summed E-state index contributed by atoms with van der Waals surface area (Å²) in [4.78, 5) is 18.3. The number of hydrogen-bond donors (Lipinski definition) is 1. The summed E-state index contributed by atoms with van der Waals surface area (Å²) in [6, 6.07) is 9.82. The molecule has 1 aliphatic rings. The van der Waals surface area contributed by atoms with Gasteiger partial charge in [0.2, 0.25) is 0 Å². The Morgan fingerprint density at radius 2 is 1.83 bits per heavy atom. The number of anilines is 1. The standard InChI is InChI=1S/C20H19F3N4O2/c21-20(22,23)15-2-1-7-27-17(18(24)28)16(25-19(15)27)12-13-3-5-14(6-4-13)26-8-10-29-11-9-26/h1-7H,8-12H2,(H2,24,28). The molecule has 3 heterocycles. The maximum Gasteiger partial charge on any atom is 0.419 e. The van der Waals surface area contributed by atoms with Gasteiger partial charge in [-0.25, -0.2) is 4.98 Å². The van der Waals surface area contributed by atoms with Gasteiger partial charge in [0.25, 0.3) is 5.91 Å². The number of primary amides is 1. The number of ether oxygens (including phenoxy) is 1. The van der Waals surface area contributed by atoms with Crippen molar-refractivity contribution in [3.05, 3.63) is 65.1 Å². The maximum absolute atomic E-state index is 13.3. The van der Waals surface area contributed by atoms with Crippen LogP contribution in [0.2, 0.25) is 0 Å². The van der Waals surface area contributed by atoms with E-state index in [9.17, 15) is 18.0 Å². The molecule has 0 spiro atoms. The molecule has 2 N–H and O–H groups in total. The van der Waals surface area contributed by atoms with Gasteiger partial charge in [0.05, 0.1) is 24.5 Å². The van der Waals surface area contributed by atoms with E-state index in [1.807, 2.05) is 24.3 Å². The van der Waals surface area contributed by atoms with Crippen molar-refractivity contribution in [2.24, 2.45) is 5.73 Å². The second-order valence-corrected chi connectivity index (χ2v) is 6.83. The molecule has 3 aromatic rings. The first-order valence-electron chi connectivity index (χ1n) is 9.13. The number of alkyl halides is 3. The molecule has 0 saturated carbocycles. The highest BCUT2D eigenvalue weighted by Gasteiger charge is 2.35. The highest BCUT2D eigenvalue weighted by molar-refractivity contribution is 5.93. The lowest BCUT2D eigenvalue weighted by atomic mass is 10.1. The van der Waals surface area contributed by atoms with Gasteiger partial charge in [0, 0.05) is 31.4 Å². The van der Waals surface area contributed by atoms with Crippen molar-refractivity contribution >= 4 is 17.2 Å². The summed E-state index contributed by atoms with van der Waals surface area (Å²) in [6.45, 7) is 2.95. The van der Waals surface area contributed by atoms with Crippen molar-refractivity contribution in [3.63, 3.8) is 0 Å². The molecule has 152 valence electrons. The van der Waals surface area contributed by atoms with Crippen LogP contribution in [0.25, 0.3) is 5.65 Å². The van der Waals surface area contributed by atoms with E-state index in [1.54, 1.807) is 0 Å². The second-order valence-electron chi connectivity index (χ2n) is 6.83. The third kappa shape index (κ3) is 3.77. The molecule has 1 fully saturated rings. The van der Waals surface area contributed by atoms with Gasteiger partial charge in [-0.3, -0.25) is 9.20 Å². The Kier molecular flexibility index (Phi) is 4.91. The second kappa shape index (κ2) is 7.40. The van der Waals surface area contributed by atoms with E-state index in [0.29, 0.717) is 13.2 Å². The van der Waals surface area contributed by atoms with E-state index in [2.05, 4.69) is 9.88 Å². The first-order valence-corrected chi connectivity index (χ1v) is 9.13. The van der Waals surface area contributed by atoms with Gasteiger partial charge in [0.15, 0.2) is 0 Å². The summed E-state index contributed by atoms with van der Waals surface area (Å²) < 4.78 is 46.4. The minimum atomic E-state index is -4.58. The summed E-state index contributed by atoms with van der Waals surface area (Å²) in [6.07, 6.45) is -3.02. The summed E-state index contributed by atoms with van der Waals surface area (Å²) in [5.74, 6) is -0.822. The summed E-state index contributed by atoms with van der Waals surface area (Å²) in [5.41, 5.74) is 6.27. The largest absolute Gasteiger partial charge is 0.419 e. The zero-order chi connectivity index (χ0) is 20.6. The topological polar surface area (TPSA) is 72.9 Å². The van der Waals surface area contributed by atoms with Gasteiger partial charge in [-0.1, -0.05) is 12.1 Å². The lowest BCUT2D eigenvalue weighted by molar-refractivity contribution is -0.136. The third-order valence-electron chi connectivity index (χ3n) is 4.95. The SMILES string of the molecule is NC(=O)c1c(Cc2ccc(N3CCOCC3)cc2)nc2c(C(F)(F)F)cccn12. The molecule has 2 aromatic heterocycles. The minimum absolute atomic E-state index is 0.0386. The molecule has 0 bridgehead atoms. The van der Waals surface area contributed by atoms with Crippen LogP contribution in [-0.4, -0.2) is 41.6 Å². The Labute approximate surface area is 164 Å². The Balaban J connectivity index is 1.68. The van der Waals surface area contributed by atoms with Crippen LogP contribution in [-0.2, 0) is 17.3 Å². The van der Waals surface area contributed by atoms with Gasteiger partial charge >= 0.3 is 6.18 Å². The van der Waals surface area contributed by atoms with Crippen molar-refractivity contribution in [2.45, 2.75) is 12.6 Å². The maximum atomic E-state index is 13.3. The first kappa shape index (κ1) is 19.3. The molecule has 1 aromatic carbocycles. The smallest absolute Gasteiger partial charge is 0.378 e. The molecule has 0 unspecified atom stereocenters. The lowest BCUT2D eigenvalue weighted by Crippen LogP contribution is -2.36. The summed E-state index contributed by atoms with van der Waals surface area (Å²) in [5, 5.41) is 0. The Morgan fingerprint density at radius 1 is 1.14 bits per heavy atom. The number of benzene rings is 1. The number of imidazole rings is 1. The number of pyridine rings is 1. The molecule has 0 aliphatic carbocycles. The molecular weight excluding hydrogens is 385 g/mol. The van der Waals surface area contributed by atoms with Crippen LogP contribution in [0.5, 0.6) is 0 Å². The van der Waals surface area contributed by atoms with E-state index in [0.717, 1.165) is 34.8 Å². The van der Waals surface area contributed by atoms with E-state index < -0.39 is 17.6 Å².